The van der Waals surface area contributed by atoms with Crippen LogP contribution in [0.1, 0.15) is 23.0 Å². The van der Waals surface area contributed by atoms with Crippen LogP contribution < -0.4 is 0 Å². The summed E-state index contributed by atoms with van der Waals surface area (Å²) in [7, 11) is 0. The van der Waals surface area contributed by atoms with Crippen molar-refractivity contribution in [1.82, 2.24) is 19.7 Å². The highest BCUT2D eigenvalue weighted by Gasteiger charge is 2.26. The molecule has 3 rings (SSSR count). The Morgan fingerprint density at radius 3 is 2.44 bits per heavy atom. The fraction of sp³-hybridized carbons (Fsp3) is 0.611. The lowest BCUT2D eigenvalue weighted by molar-refractivity contribution is -0.134. The molecule has 0 saturated carbocycles. The maximum Gasteiger partial charge on any atom is 0.272 e. The van der Waals surface area contributed by atoms with Crippen molar-refractivity contribution in [3.63, 3.8) is 0 Å². The van der Waals surface area contributed by atoms with Gasteiger partial charge in [0.25, 0.3) is 5.91 Å². The molecule has 0 aromatic carbocycles. The van der Waals surface area contributed by atoms with Crippen LogP contribution >= 0.6 is 0 Å². The van der Waals surface area contributed by atoms with Gasteiger partial charge in [-0.05, 0) is 24.1 Å². The highest BCUT2D eigenvalue weighted by Crippen LogP contribution is 2.10. The molecule has 1 aromatic rings. The van der Waals surface area contributed by atoms with E-state index < -0.39 is 0 Å². The van der Waals surface area contributed by atoms with Gasteiger partial charge >= 0.3 is 0 Å². The van der Waals surface area contributed by atoms with Gasteiger partial charge in [-0.15, -0.1) is 0 Å². The maximum absolute atomic E-state index is 12.6. The summed E-state index contributed by atoms with van der Waals surface area (Å²) >= 11 is 0. The number of carbonyl (C=O) groups excluding carboxylic acids is 2. The van der Waals surface area contributed by atoms with Crippen LogP contribution in [-0.2, 0) is 16.0 Å². The van der Waals surface area contributed by atoms with Gasteiger partial charge < -0.3 is 14.5 Å². The van der Waals surface area contributed by atoms with E-state index in [2.05, 4.69) is 16.8 Å². The van der Waals surface area contributed by atoms with Gasteiger partial charge in [0, 0.05) is 45.5 Å². The van der Waals surface area contributed by atoms with E-state index in [0.717, 1.165) is 25.1 Å². The van der Waals surface area contributed by atoms with Crippen molar-refractivity contribution in [2.75, 3.05) is 59.0 Å². The topological polar surface area (TPSA) is 66.0 Å². The summed E-state index contributed by atoms with van der Waals surface area (Å²) in [6.45, 7) is 7.80. The van der Waals surface area contributed by atoms with Crippen LogP contribution in [0.15, 0.2) is 18.3 Å². The number of ether oxygens (including phenoxy) is 1. The van der Waals surface area contributed by atoms with Gasteiger partial charge in [-0.2, -0.15) is 0 Å². The van der Waals surface area contributed by atoms with Crippen LogP contribution in [0.3, 0.4) is 0 Å². The molecule has 2 saturated heterocycles. The van der Waals surface area contributed by atoms with Crippen LogP contribution in [0.4, 0.5) is 0 Å². The maximum atomic E-state index is 12.6. The van der Waals surface area contributed by atoms with Crippen molar-refractivity contribution >= 4 is 11.8 Å². The molecule has 2 amide bonds. The van der Waals surface area contributed by atoms with Gasteiger partial charge in [-0.25, -0.2) is 0 Å². The normalized spacial score (nSPS) is 19.1. The summed E-state index contributed by atoms with van der Waals surface area (Å²) in [5.41, 5.74) is 1.60. The van der Waals surface area contributed by atoms with E-state index in [1.807, 2.05) is 17.0 Å². The molecule has 3 heterocycles. The molecule has 7 heteroatoms. The highest BCUT2D eigenvalue weighted by molar-refractivity contribution is 5.92. The Kier molecular flexibility index (Phi) is 5.99. The Morgan fingerprint density at radius 2 is 1.76 bits per heavy atom. The van der Waals surface area contributed by atoms with Crippen LogP contribution in [0.5, 0.6) is 0 Å². The second-order valence-electron chi connectivity index (χ2n) is 6.46. The molecule has 2 aliphatic heterocycles. The number of hydrogen-bond donors (Lipinski definition) is 0. The molecule has 0 spiro atoms. The third kappa shape index (κ3) is 4.55. The number of morpholine rings is 1. The molecule has 2 fully saturated rings. The second-order valence-corrected chi connectivity index (χ2v) is 6.46. The first-order valence-corrected chi connectivity index (χ1v) is 8.99. The predicted molar refractivity (Wildman–Crippen MR) is 93.4 cm³/mol. The minimum Gasteiger partial charge on any atom is -0.379 e. The Balaban J connectivity index is 1.50. The lowest BCUT2D eigenvalue weighted by Gasteiger charge is -2.36. The molecule has 1 aromatic heterocycles. The molecule has 0 N–H and O–H groups in total. The third-order valence-corrected chi connectivity index (χ3v) is 4.83. The SMILES string of the molecule is CCc1ccnc(C(=O)N2CCN(C(=O)CN3CCOCC3)CC2)c1. The van der Waals surface area contributed by atoms with Crippen LogP contribution in [0.25, 0.3) is 0 Å². The summed E-state index contributed by atoms with van der Waals surface area (Å²) in [5, 5.41) is 0. The highest BCUT2D eigenvalue weighted by atomic mass is 16.5. The third-order valence-electron chi connectivity index (χ3n) is 4.83. The molecule has 0 aliphatic carbocycles. The summed E-state index contributed by atoms with van der Waals surface area (Å²) in [6.07, 6.45) is 2.57. The lowest BCUT2D eigenvalue weighted by Crippen LogP contribution is -2.53. The first kappa shape index (κ1) is 17.8. The number of carbonyl (C=O) groups is 2. The van der Waals surface area contributed by atoms with Crippen molar-refractivity contribution < 1.29 is 14.3 Å². The molecule has 25 heavy (non-hydrogen) atoms. The average molecular weight is 346 g/mol. The molecule has 2 aliphatic rings. The number of rotatable bonds is 4. The quantitative estimate of drug-likeness (QED) is 0.782. The van der Waals surface area contributed by atoms with E-state index in [9.17, 15) is 9.59 Å². The van der Waals surface area contributed by atoms with Gasteiger partial charge in [-0.3, -0.25) is 19.5 Å². The smallest absolute Gasteiger partial charge is 0.272 e. The van der Waals surface area contributed by atoms with Crippen LogP contribution in [0.2, 0.25) is 0 Å². The Bertz CT molecular complexity index is 608. The molecule has 0 atom stereocenters. The first-order chi connectivity index (χ1) is 12.2. The fourth-order valence-electron chi connectivity index (χ4n) is 3.18. The minimum absolute atomic E-state index is 0.0458. The van der Waals surface area contributed by atoms with Gasteiger partial charge in [0.05, 0.1) is 19.8 Å². The molecule has 0 bridgehead atoms. The predicted octanol–water partition coefficient (Wildman–Crippen LogP) is 0.261. The number of aryl methyl sites for hydroxylation is 1. The number of amides is 2. The van der Waals surface area contributed by atoms with Gasteiger partial charge in [-0.1, -0.05) is 6.92 Å². The number of hydrogen-bond acceptors (Lipinski definition) is 5. The van der Waals surface area contributed by atoms with Gasteiger partial charge in [0.15, 0.2) is 0 Å². The van der Waals surface area contributed by atoms with Crippen molar-refractivity contribution in [2.45, 2.75) is 13.3 Å². The summed E-state index contributed by atoms with van der Waals surface area (Å²) in [6, 6.07) is 3.79. The van der Waals surface area contributed by atoms with Crippen LogP contribution in [-0.4, -0.2) is 90.5 Å². The standard InChI is InChI=1S/C18H26N4O3/c1-2-15-3-4-19-16(13-15)18(24)22-7-5-21(6-8-22)17(23)14-20-9-11-25-12-10-20/h3-4,13H,2,5-12,14H2,1H3. The summed E-state index contributed by atoms with van der Waals surface area (Å²) in [4.78, 5) is 35.0. The van der Waals surface area contributed by atoms with Crippen molar-refractivity contribution in [3.05, 3.63) is 29.6 Å². The fourth-order valence-corrected chi connectivity index (χ4v) is 3.18. The molecule has 0 radical (unpaired) electrons. The van der Waals surface area contributed by atoms with E-state index in [1.165, 1.54) is 0 Å². The second kappa shape index (κ2) is 8.40. The molecule has 0 unspecified atom stereocenters. The minimum atomic E-state index is -0.0458. The number of nitrogens with zero attached hydrogens (tertiary/aromatic N) is 4. The molecule has 136 valence electrons. The zero-order valence-electron chi connectivity index (χ0n) is 14.8. The van der Waals surface area contributed by atoms with Gasteiger partial charge in [0.2, 0.25) is 5.91 Å². The monoisotopic (exact) mass is 346 g/mol. The van der Waals surface area contributed by atoms with E-state index in [-0.39, 0.29) is 11.8 Å². The van der Waals surface area contributed by atoms with E-state index >= 15 is 0 Å². The van der Waals surface area contributed by atoms with Crippen LogP contribution in [0, 0.1) is 0 Å². The Morgan fingerprint density at radius 1 is 1.08 bits per heavy atom. The Hall–Kier alpha value is -1.99. The van der Waals surface area contributed by atoms with Crippen molar-refractivity contribution in [3.8, 4) is 0 Å². The average Bonchev–Trinajstić information content (AvgIpc) is 2.68. The largest absolute Gasteiger partial charge is 0.379 e. The Labute approximate surface area is 148 Å². The van der Waals surface area contributed by atoms with Crippen molar-refractivity contribution in [2.24, 2.45) is 0 Å². The lowest BCUT2D eigenvalue weighted by atomic mass is 10.1. The first-order valence-electron chi connectivity index (χ1n) is 8.99. The molecular weight excluding hydrogens is 320 g/mol. The molecule has 7 nitrogen and oxygen atoms in total. The van der Waals surface area contributed by atoms with E-state index in [0.29, 0.717) is 51.6 Å². The number of pyridine rings is 1. The van der Waals surface area contributed by atoms with Crippen molar-refractivity contribution in [1.29, 1.82) is 0 Å². The molecular formula is C18H26N4O3. The zero-order valence-corrected chi connectivity index (χ0v) is 14.8. The summed E-state index contributed by atoms with van der Waals surface area (Å²) < 4.78 is 5.31. The van der Waals surface area contributed by atoms with Gasteiger partial charge in [0.1, 0.15) is 5.69 Å². The number of aromatic nitrogens is 1. The number of piperazine rings is 1. The van der Waals surface area contributed by atoms with E-state index in [1.54, 1.807) is 11.1 Å². The van der Waals surface area contributed by atoms with E-state index in [4.69, 9.17) is 4.74 Å². The zero-order chi connectivity index (χ0) is 17.6. The summed E-state index contributed by atoms with van der Waals surface area (Å²) in [5.74, 6) is 0.0932.